The van der Waals surface area contributed by atoms with Crippen LogP contribution in [0.1, 0.15) is 17.5 Å². The van der Waals surface area contributed by atoms with Gasteiger partial charge in [-0.2, -0.15) is 8.78 Å². The molecule has 2 aromatic carbocycles. The first kappa shape index (κ1) is 20.9. The average molecular weight is 466 g/mol. The zero-order valence-corrected chi connectivity index (χ0v) is 17.1. The molecule has 1 amide bonds. The van der Waals surface area contributed by atoms with E-state index in [2.05, 4.69) is 31.0 Å². The molecule has 6 nitrogen and oxygen atoms in total. The van der Waals surface area contributed by atoms with Crippen molar-refractivity contribution in [3.05, 3.63) is 68.7 Å². The molecule has 0 saturated heterocycles. The Morgan fingerprint density at radius 2 is 2.10 bits per heavy atom. The van der Waals surface area contributed by atoms with E-state index in [0.29, 0.717) is 20.9 Å². The van der Waals surface area contributed by atoms with Crippen LogP contribution >= 0.6 is 15.9 Å². The summed E-state index contributed by atoms with van der Waals surface area (Å²) in [5.41, 5.74) is 1.74. The van der Waals surface area contributed by atoms with Gasteiger partial charge in [-0.25, -0.2) is 4.98 Å². The van der Waals surface area contributed by atoms with Crippen molar-refractivity contribution in [1.29, 1.82) is 0 Å². The Morgan fingerprint density at radius 1 is 1.31 bits per heavy atom. The Kier molecular flexibility index (Phi) is 6.58. The second kappa shape index (κ2) is 9.13. The lowest BCUT2D eigenvalue weighted by molar-refractivity contribution is -0.121. The number of aromatic nitrogens is 2. The molecule has 1 heterocycles. The first-order valence-electron chi connectivity index (χ1n) is 8.80. The van der Waals surface area contributed by atoms with Gasteiger partial charge in [-0.05, 0) is 36.8 Å². The predicted octanol–water partition coefficient (Wildman–Crippen LogP) is 3.78. The maximum atomic E-state index is 12.6. The van der Waals surface area contributed by atoms with Crippen molar-refractivity contribution in [2.75, 3.05) is 0 Å². The van der Waals surface area contributed by atoms with E-state index in [1.807, 2.05) is 13.0 Å². The summed E-state index contributed by atoms with van der Waals surface area (Å²) in [4.78, 5) is 29.0. The number of hydrogen-bond acceptors (Lipinski definition) is 4. The lowest BCUT2D eigenvalue weighted by Gasteiger charge is -2.12. The number of ether oxygens (including phenoxy) is 1. The Hall–Kier alpha value is -2.81. The number of para-hydroxylation sites is 1. The molecule has 1 N–H and O–H groups in total. The van der Waals surface area contributed by atoms with Crippen LogP contribution in [0.3, 0.4) is 0 Å². The third-order valence-corrected chi connectivity index (χ3v) is 4.84. The van der Waals surface area contributed by atoms with Gasteiger partial charge in [0.25, 0.3) is 5.56 Å². The van der Waals surface area contributed by atoms with Crippen molar-refractivity contribution in [3.8, 4) is 5.75 Å². The maximum absolute atomic E-state index is 12.6. The van der Waals surface area contributed by atoms with Crippen LogP contribution in [0.5, 0.6) is 5.75 Å². The van der Waals surface area contributed by atoms with Crippen LogP contribution in [0, 0.1) is 6.92 Å². The normalized spacial score (nSPS) is 11.1. The first-order chi connectivity index (χ1) is 13.8. The molecule has 0 bridgehead atoms. The van der Waals surface area contributed by atoms with Gasteiger partial charge >= 0.3 is 6.61 Å². The minimum atomic E-state index is -2.96. The number of rotatable bonds is 7. The Balaban J connectivity index is 1.64. The molecular weight excluding hydrogens is 448 g/mol. The second-order valence-corrected chi connectivity index (χ2v) is 7.29. The topological polar surface area (TPSA) is 73.2 Å². The molecule has 0 fully saturated rings. The number of nitrogens with zero attached hydrogens (tertiary/aromatic N) is 2. The SMILES string of the molecule is Cc1cccc2c(=O)n(CCC(=O)NCc3cc(Br)ccc3OC(F)F)cnc12. The number of carbonyl (C=O) groups is 1. The number of benzene rings is 2. The number of fused-ring (bicyclic) bond motifs is 1. The highest BCUT2D eigenvalue weighted by Gasteiger charge is 2.12. The molecule has 0 aliphatic carbocycles. The lowest BCUT2D eigenvalue weighted by atomic mass is 10.1. The average Bonchev–Trinajstić information content (AvgIpc) is 2.68. The molecule has 0 aliphatic heterocycles. The zero-order valence-electron chi connectivity index (χ0n) is 15.5. The van der Waals surface area contributed by atoms with E-state index in [4.69, 9.17) is 0 Å². The van der Waals surface area contributed by atoms with Gasteiger partial charge in [-0.15, -0.1) is 0 Å². The molecule has 29 heavy (non-hydrogen) atoms. The molecule has 1 aromatic heterocycles. The monoisotopic (exact) mass is 465 g/mol. The number of halogens is 3. The Labute approximate surface area is 173 Å². The molecule has 0 unspecified atom stereocenters. The molecule has 0 spiro atoms. The van der Waals surface area contributed by atoms with Gasteiger partial charge in [0, 0.05) is 29.5 Å². The second-order valence-electron chi connectivity index (χ2n) is 6.37. The number of amides is 1. The van der Waals surface area contributed by atoms with E-state index in [-0.39, 0.29) is 36.7 Å². The fraction of sp³-hybridized carbons (Fsp3) is 0.250. The number of alkyl halides is 2. The van der Waals surface area contributed by atoms with Crippen LogP contribution in [0.4, 0.5) is 8.78 Å². The number of hydrogen-bond donors (Lipinski definition) is 1. The summed E-state index contributed by atoms with van der Waals surface area (Å²) in [6, 6.07) is 9.93. The summed E-state index contributed by atoms with van der Waals surface area (Å²) in [7, 11) is 0. The molecule has 152 valence electrons. The van der Waals surface area contributed by atoms with Crippen LogP contribution < -0.4 is 15.6 Å². The summed E-state index contributed by atoms with van der Waals surface area (Å²) in [6.45, 7) is -0.910. The highest BCUT2D eigenvalue weighted by Crippen LogP contribution is 2.24. The maximum Gasteiger partial charge on any atom is 0.387 e. The van der Waals surface area contributed by atoms with Crippen LogP contribution in [0.15, 0.2) is 52.0 Å². The molecule has 0 atom stereocenters. The molecule has 9 heteroatoms. The minimum Gasteiger partial charge on any atom is -0.434 e. The number of aryl methyl sites for hydroxylation is 2. The largest absolute Gasteiger partial charge is 0.434 e. The van der Waals surface area contributed by atoms with Crippen molar-refractivity contribution in [2.45, 2.75) is 33.0 Å². The first-order valence-corrected chi connectivity index (χ1v) is 9.59. The van der Waals surface area contributed by atoms with Crippen LogP contribution in [-0.4, -0.2) is 22.1 Å². The highest BCUT2D eigenvalue weighted by molar-refractivity contribution is 9.10. The van der Waals surface area contributed by atoms with E-state index < -0.39 is 6.61 Å². The molecular formula is C20H18BrF2N3O3. The summed E-state index contributed by atoms with van der Waals surface area (Å²) < 4.78 is 31.6. The van der Waals surface area contributed by atoms with E-state index in [0.717, 1.165) is 5.56 Å². The standard InChI is InChI=1S/C20H18BrF2N3O3/c1-12-3-2-4-15-18(12)25-11-26(19(15)28)8-7-17(27)24-10-13-9-14(21)5-6-16(13)29-20(22)23/h2-6,9,11,20H,7-8,10H2,1H3,(H,24,27). The smallest absolute Gasteiger partial charge is 0.387 e. The van der Waals surface area contributed by atoms with Gasteiger partial charge in [0.1, 0.15) is 5.75 Å². The van der Waals surface area contributed by atoms with Gasteiger partial charge in [-0.3, -0.25) is 14.2 Å². The quantitative estimate of drug-likeness (QED) is 0.576. The van der Waals surface area contributed by atoms with E-state index >= 15 is 0 Å². The van der Waals surface area contributed by atoms with Crippen molar-refractivity contribution in [3.63, 3.8) is 0 Å². The minimum absolute atomic E-state index is 0.00572. The Morgan fingerprint density at radius 3 is 2.86 bits per heavy atom. The van der Waals surface area contributed by atoms with Gasteiger partial charge in [0.2, 0.25) is 5.91 Å². The van der Waals surface area contributed by atoms with Crippen LogP contribution in [0.25, 0.3) is 10.9 Å². The summed E-state index contributed by atoms with van der Waals surface area (Å²) in [6.07, 6.45) is 1.46. The fourth-order valence-electron chi connectivity index (χ4n) is 2.90. The lowest BCUT2D eigenvalue weighted by Crippen LogP contribution is -2.27. The van der Waals surface area contributed by atoms with Gasteiger partial charge in [0.15, 0.2) is 0 Å². The van der Waals surface area contributed by atoms with Gasteiger partial charge < -0.3 is 10.1 Å². The van der Waals surface area contributed by atoms with Crippen LogP contribution in [-0.2, 0) is 17.9 Å². The van der Waals surface area contributed by atoms with Gasteiger partial charge in [-0.1, -0.05) is 28.1 Å². The van der Waals surface area contributed by atoms with Crippen molar-refractivity contribution in [2.24, 2.45) is 0 Å². The fourth-order valence-corrected chi connectivity index (χ4v) is 3.31. The van der Waals surface area contributed by atoms with Crippen molar-refractivity contribution >= 4 is 32.7 Å². The van der Waals surface area contributed by atoms with Crippen LogP contribution in [0.2, 0.25) is 0 Å². The Bertz CT molecular complexity index is 1100. The summed E-state index contributed by atoms with van der Waals surface area (Å²) in [5, 5.41) is 3.15. The summed E-state index contributed by atoms with van der Waals surface area (Å²) >= 11 is 3.26. The molecule has 3 aromatic rings. The van der Waals surface area contributed by atoms with E-state index in [1.165, 1.54) is 17.0 Å². The molecule has 0 radical (unpaired) electrons. The molecule has 0 aliphatic rings. The number of carbonyl (C=O) groups excluding carboxylic acids is 1. The van der Waals surface area contributed by atoms with E-state index in [9.17, 15) is 18.4 Å². The van der Waals surface area contributed by atoms with Gasteiger partial charge in [0.05, 0.1) is 17.2 Å². The zero-order chi connectivity index (χ0) is 21.0. The number of nitrogens with one attached hydrogen (secondary N) is 1. The third kappa shape index (κ3) is 5.17. The third-order valence-electron chi connectivity index (χ3n) is 4.35. The predicted molar refractivity (Wildman–Crippen MR) is 108 cm³/mol. The molecule has 0 saturated carbocycles. The van der Waals surface area contributed by atoms with Crippen molar-refractivity contribution < 1.29 is 18.3 Å². The van der Waals surface area contributed by atoms with Crippen molar-refractivity contribution in [1.82, 2.24) is 14.9 Å². The molecule has 3 rings (SSSR count). The van der Waals surface area contributed by atoms with E-state index in [1.54, 1.807) is 24.3 Å². The highest BCUT2D eigenvalue weighted by atomic mass is 79.9. The summed E-state index contributed by atoms with van der Waals surface area (Å²) in [5.74, 6) is -0.335.